The van der Waals surface area contributed by atoms with E-state index in [2.05, 4.69) is 5.32 Å². The van der Waals surface area contributed by atoms with Crippen LogP contribution in [0.25, 0.3) is 0 Å². The minimum Gasteiger partial charge on any atom is -0.355 e. The molecular formula is C13H21N3O3S. The summed E-state index contributed by atoms with van der Waals surface area (Å²) >= 11 is 0. The van der Waals surface area contributed by atoms with Gasteiger partial charge in [-0.1, -0.05) is 19.1 Å². The summed E-state index contributed by atoms with van der Waals surface area (Å²) in [5.74, 6) is -0.309. The maximum atomic E-state index is 12.3. The van der Waals surface area contributed by atoms with Crippen molar-refractivity contribution < 1.29 is 13.2 Å². The number of hydrogen-bond acceptors (Lipinski definition) is 4. The fraction of sp³-hybridized carbons (Fsp3) is 0.462. The lowest BCUT2D eigenvalue weighted by atomic mass is 10.2. The monoisotopic (exact) mass is 299 g/mol. The molecule has 1 amide bonds. The summed E-state index contributed by atoms with van der Waals surface area (Å²) in [6.07, 6.45) is 0.808. The molecule has 0 atom stereocenters. The predicted octanol–water partition coefficient (Wildman–Crippen LogP) is 0.292. The Hall–Kier alpha value is -1.44. The summed E-state index contributed by atoms with van der Waals surface area (Å²) < 4.78 is 25.5. The highest BCUT2D eigenvalue weighted by Crippen LogP contribution is 2.14. The predicted molar refractivity (Wildman–Crippen MR) is 77.4 cm³/mol. The number of rotatable bonds is 7. The summed E-state index contributed by atoms with van der Waals surface area (Å²) in [5, 5.41) is 2.64. The van der Waals surface area contributed by atoms with Gasteiger partial charge >= 0.3 is 0 Å². The quantitative estimate of drug-likeness (QED) is 0.757. The molecule has 1 aromatic carbocycles. The highest BCUT2D eigenvalue weighted by Gasteiger charge is 2.22. The molecule has 0 unspecified atom stereocenters. The van der Waals surface area contributed by atoms with E-state index in [0.29, 0.717) is 13.1 Å². The fourth-order valence-electron chi connectivity index (χ4n) is 1.58. The van der Waals surface area contributed by atoms with Gasteiger partial charge in [0.2, 0.25) is 15.9 Å². The summed E-state index contributed by atoms with van der Waals surface area (Å²) in [4.78, 5) is 11.7. The second kappa shape index (κ2) is 7.37. The number of benzene rings is 1. The minimum atomic E-state index is -3.65. The summed E-state index contributed by atoms with van der Waals surface area (Å²) in [6, 6.07) is 6.33. The number of nitrogens with zero attached hydrogens (tertiary/aromatic N) is 1. The number of carbonyl (C=O) groups is 1. The summed E-state index contributed by atoms with van der Waals surface area (Å²) in [6.45, 7) is 2.63. The molecule has 3 N–H and O–H groups in total. The Morgan fingerprint density at radius 1 is 1.30 bits per heavy atom. The zero-order chi connectivity index (χ0) is 15.2. The molecule has 0 aliphatic carbocycles. The van der Waals surface area contributed by atoms with Crippen LogP contribution in [0.2, 0.25) is 0 Å². The van der Waals surface area contributed by atoms with Crippen LogP contribution in [-0.4, -0.2) is 38.8 Å². The van der Waals surface area contributed by atoms with Crippen LogP contribution in [0.1, 0.15) is 18.9 Å². The van der Waals surface area contributed by atoms with E-state index in [1.807, 2.05) is 6.92 Å². The molecule has 0 spiro atoms. The molecule has 0 saturated heterocycles. The zero-order valence-electron chi connectivity index (χ0n) is 11.8. The number of likely N-dealkylation sites (N-methyl/N-ethyl adjacent to an activating group) is 1. The average molecular weight is 299 g/mol. The molecule has 112 valence electrons. The molecule has 0 aliphatic rings. The zero-order valence-corrected chi connectivity index (χ0v) is 12.6. The highest BCUT2D eigenvalue weighted by molar-refractivity contribution is 7.89. The van der Waals surface area contributed by atoms with Crippen molar-refractivity contribution in [3.05, 3.63) is 29.8 Å². The normalized spacial score (nSPS) is 11.6. The van der Waals surface area contributed by atoms with Crippen LogP contribution in [-0.2, 0) is 21.4 Å². The summed E-state index contributed by atoms with van der Waals surface area (Å²) in [7, 11) is -2.27. The fourth-order valence-corrected chi connectivity index (χ4v) is 2.71. The third kappa shape index (κ3) is 4.29. The lowest BCUT2D eigenvalue weighted by Crippen LogP contribution is -2.38. The second-order valence-electron chi connectivity index (χ2n) is 4.46. The number of carbonyl (C=O) groups excluding carboxylic acids is 1. The standard InChI is InChI=1S/C13H21N3O3S/c1-3-8-15-13(17)10-16(2)20(18,19)12-6-4-11(9-14)5-7-12/h4-7H,3,8-10,14H2,1-2H3,(H,15,17). The smallest absolute Gasteiger partial charge is 0.243 e. The van der Waals surface area contributed by atoms with Crippen molar-refractivity contribution in [1.82, 2.24) is 9.62 Å². The van der Waals surface area contributed by atoms with E-state index in [1.165, 1.54) is 19.2 Å². The van der Waals surface area contributed by atoms with Crippen LogP contribution in [0.5, 0.6) is 0 Å². The lowest BCUT2D eigenvalue weighted by Gasteiger charge is -2.17. The number of amides is 1. The third-order valence-electron chi connectivity index (χ3n) is 2.81. The van der Waals surface area contributed by atoms with Crippen molar-refractivity contribution in [2.45, 2.75) is 24.8 Å². The molecule has 0 radical (unpaired) electrons. The third-order valence-corrected chi connectivity index (χ3v) is 4.62. The van der Waals surface area contributed by atoms with Gasteiger partial charge in [-0.05, 0) is 24.1 Å². The van der Waals surface area contributed by atoms with Gasteiger partial charge in [0, 0.05) is 20.1 Å². The molecule has 0 aromatic heterocycles. The average Bonchev–Trinajstić information content (AvgIpc) is 2.45. The first-order valence-corrected chi connectivity index (χ1v) is 7.88. The minimum absolute atomic E-state index is 0.153. The first kappa shape index (κ1) is 16.6. The molecule has 0 aliphatic heterocycles. The van der Waals surface area contributed by atoms with Crippen LogP contribution in [0.4, 0.5) is 0 Å². The van der Waals surface area contributed by atoms with E-state index < -0.39 is 10.0 Å². The van der Waals surface area contributed by atoms with Crippen molar-refractivity contribution in [1.29, 1.82) is 0 Å². The highest BCUT2D eigenvalue weighted by atomic mass is 32.2. The summed E-state index contributed by atoms with van der Waals surface area (Å²) in [5.41, 5.74) is 6.32. The van der Waals surface area contributed by atoms with E-state index in [0.717, 1.165) is 16.3 Å². The largest absolute Gasteiger partial charge is 0.355 e. The molecule has 20 heavy (non-hydrogen) atoms. The van der Waals surface area contributed by atoms with Crippen LogP contribution >= 0.6 is 0 Å². The first-order chi connectivity index (χ1) is 9.41. The molecule has 0 saturated carbocycles. The van der Waals surface area contributed by atoms with E-state index in [4.69, 9.17) is 5.73 Å². The Bertz CT molecular complexity index is 540. The molecular weight excluding hydrogens is 278 g/mol. The van der Waals surface area contributed by atoms with Crippen molar-refractivity contribution >= 4 is 15.9 Å². The SMILES string of the molecule is CCCNC(=O)CN(C)S(=O)(=O)c1ccc(CN)cc1. The lowest BCUT2D eigenvalue weighted by molar-refractivity contribution is -0.121. The van der Waals surface area contributed by atoms with Crippen LogP contribution in [0.3, 0.4) is 0 Å². The Kier molecular flexibility index (Phi) is 6.12. The van der Waals surface area contributed by atoms with Crippen molar-refractivity contribution in [3.8, 4) is 0 Å². The van der Waals surface area contributed by atoms with Crippen molar-refractivity contribution in [2.75, 3.05) is 20.1 Å². The topological polar surface area (TPSA) is 92.5 Å². The maximum Gasteiger partial charge on any atom is 0.243 e. The number of nitrogens with one attached hydrogen (secondary N) is 1. The maximum absolute atomic E-state index is 12.3. The van der Waals surface area contributed by atoms with E-state index >= 15 is 0 Å². The van der Waals surface area contributed by atoms with Gasteiger partial charge in [0.15, 0.2) is 0 Å². The Balaban J connectivity index is 2.78. The van der Waals surface area contributed by atoms with Gasteiger partial charge in [-0.15, -0.1) is 0 Å². The van der Waals surface area contributed by atoms with Crippen LogP contribution in [0.15, 0.2) is 29.2 Å². The van der Waals surface area contributed by atoms with E-state index in [-0.39, 0.29) is 17.3 Å². The number of hydrogen-bond donors (Lipinski definition) is 2. The van der Waals surface area contributed by atoms with Crippen molar-refractivity contribution in [3.63, 3.8) is 0 Å². The van der Waals surface area contributed by atoms with Gasteiger partial charge in [0.05, 0.1) is 11.4 Å². The van der Waals surface area contributed by atoms with Crippen LogP contribution < -0.4 is 11.1 Å². The van der Waals surface area contributed by atoms with Gasteiger partial charge in [-0.25, -0.2) is 8.42 Å². The van der Waals surface area contributed by atoms with Gasteiger partial charge in [0.1, 0.15) is 0 Å². The number of nitrogens with two attached hydrogens (primary N) is 1. The van der Waals surface area contributed by atoms with E-state index in [9.17, 15) is 13.2 Å². The Morgan fingerprint density at radius 3 is 2.40 bits per heavy atom. The molecule has 0 bridgehead atoms. The van der Waals surface area contributed by atoms with Gasteiger partial charge in [-0.3, -0.25) is 4.79 Å². The van der Waals surface area contributed by atoms with Gasteiger partial charge in [-0.2, -0.15) is 4.31 Å². The molecule has 7 heteroatoms. The van der Waals surface area contributed by atoms with Crippen molar-refractivity contribution in [2.24, 2.45) is 5.73 Å². The Labute approximate surface area is 120 Å². The second-order valence-corrected chi connectivity index (χ2v) is 6.50. The molecule has 0 heterocycles. The van der Waals surface area contributed by atoms with E-state index in [1.54, 1.807) is 12.1 Å². The van der Waals surface area contributed by atoms with Gasteiger partial charge in [0.25, 0.3) is 0 Å². The Morgan fingerprint density at radius 2 is 1.90 bits per heavy atom. The van der Waals surface area contributed by atoms with Gasteiger partial charge < -0.3 is 11.1 Å². The number of sulfonamides is 1. The molecule has 1 rings (SSSR count). The molecule has 6 nitrogen and oxygen atoms in total. The molecule has 1 aromatic rings. The van der Waals surface area contributed by atoms with Crippen LogP contribution in [0, 0.1) is 0 Å². The molecule has 0 fully saturated rings. The first-order valence-electron chi connectivity index (χ1n) is 6.43.